The second-order valence-electron chi connectivity index (χ2n) is 10.4. The van der Waals surface area contributed by atoms with Crippen molar-refractivity contribution in [3.63, 3.8) is 0 Å². The van der Waals surface area contributed by atoms with Crippen LogP contribution in [0.25, 0.3) is 28.1 Å². The summed E-state index contributed by atoms with van der Waals surface area (Å²) in [5, 5.41) is 0. The molecule has 0 amide bonds. The molecule has 0 spiro atoms. The number of halogens is 1. The molecule has 0 radical (unpaired) electrons. The highest BCUT2D eigenvalue weighted by Crippen LogP contribution is 2.30. The van der Waals surface area contributed by atoms with Crippen LogP contribution in [0.15, 0.2) is 24.3 Å². The highest BCUT2D eigenvalue weighted by atomic mass is 127. The Morgan fingerprint density at radius 3 is 2.81 bits per heavy atom. The number of aromatic nitrogens is 6. The Morgan fingerprint density at radius 1 is 1.03 bits per heavy atom. The first-order valence-electron chi connectivity index (χ1n) is 13.2. The minimum Gasteiger partial charge on any atom is -0.364 e. The van der Waals surface area contributed by atoms with Crippen molar-refractivity contribution in [3.8, 4) is 5.95 Å². The average molecular weight is 614 g/mol. The summed E-state index contributed by atoms with van der Waals surface area (Å²) in [4.78, 5) is 27.7. The number of morpholine rings is 1. The third-order valence-electron chi connectivity index (χ3n) is 8.07. The van der Waals surface area contributed by atoms with Crippen molar-refractivity contribution < 1.29 is 4.74 Å². The second-order valence-corrected chi connectivity index (χ2v) is 11.8. The van der Waals surface area contributed by atoms with E-state index < -0.39 is 0 Å². The maximum atomic E-state index is 5.83. The van der Waals surface area contributed by atoms with Gasteiger partial charge in [-0.1, -0.05) is 12.1 Å². The molecule has 1 aromatic carbocycles. The van der Waals surface area contributed by atoms with E-state index in [1.807, 2.05) is 25.1 Å². The van der Waals surface area contributed by atoms with Gasteiger partial charge >= 0.3 is 0 Å². The van der Waals surface area contributed by atoms with Gasteiger partial charge in [-0.15, -0.1) is 0 Å². The van der Waals surface area contributed by atoms with Crippen LogP contribution in [0.1, 0.15) is 24.5 Å². The Balaban J connectivity index is 1.33. The maximum Gasteiger partial charge on any atom is 0.239 e. The summed E-state index contributed by atoms with van der Waals surface area (Å²) in [6.45, 7) is 9.68. The van der Waals surface area contributed by atoms with Crippen LogP contribution >= 0.6 is 22.6 Å². The molecule has 2 unspecified atom stereocenters. The molecule has 0 bridgehead atoms. The summed E-state index contributed by atoms with van der Waals surface area (Å²) in [7, 11) is 2.09. The summed E-state index contributed by atoms with van der Waals surface area (Å²) in [5.74, 6) is 3.43. The first-order chi connectivity index (χ1) is 18.0. The predicted molar refractivity (Wildman–Crippen MR) is 152 cm³/mol. The highest BCUT2D eigenvalue weighted by molar-refractivity contribution is 14.1. The van der Waals surface area contributed by atoms with Crippen molar-refractivity contribution >= 4 is 50.6 Å². The number of anilines is 1. The normalized spacial score (nSPS) is 23.4. The number of piperazine rings is 1. The van der Waals surface area contributed by atoms with E-state index in [0.29, 0.717) is 18.6 Å². The zero-order valence-electron chi connectivity index (χ0n) is 21.3. The lowest BCUT2D eigenvalue weighted by molar-refractivity contribution is 0.0969. The Labute approximate surface area is 229 Å². The molecule has 6 heterocycles. The zero-order valence-corrected chi connectivity index (χ0v) is 23.5. The summed E-state index contributed by atoms with van der Waals surface area (Å²) < 4.78 is 10.2. The van der Waals surface area contributed by atoms with Crippen molar-refractivity contribution in [2.45, 2.75) is 36.5 Å². The molecule has 0 aliphatic carbocycles. The number of imidazole rings is 2. The number of hydrogen-bond donors (Lipinski definition) is 0. The van der Waals surface area contributed by atoms with Gasteiger partial charge in [0.1, 0.15) is 15.8 Å². The molecule has 3 aliphatic heterocycles. The van der Waals surface area contributed by atoms with Gasteiger partial charge in [-0.2, -0.15) is 9.97 Å². The molecule has 7 rings (SSSR count). The summed E-state index contributed by atoms with van der Waals surface area (Å²) in [6, 6.07) is 8.86. The topological polar surface area (TPSA) is 80.4 Å². The molecule has 0 saturated carbocycles. The van der Waals surface area contributed by atoms with Crippen LogP contribution in [0.2, 0.25) is 0 Å². The van der Waals surface area contributed by atoms with Gasteiger partial charge in [0, 0.05) is 39.3 Å². The number of ether oxygens (including phenoxy) is 1. The van der Waals surface area contributed by atoms with Gasteiger partial charge in [-0.05, 0) is 61.0 Å². The van der Waals surface area contributed by atoms with Gasteiger partial charge in [-0.3, -0.25) is 14.4 Å². The van der Waals surface area contributed by atoms with Crippen molar-refractivity contribution in [2.24, 2.45) is 7.05 Å². The van der Waals surface area contributed by atoms with E-state index in [0.717, 1.165) is 78.9 Å². The fourth-order valence-corrected chi connectivity index (χ4v) is 6.87. The summed E-state index contributed by atoms with van der Waals surface area (Å²) >= 11 is 2.36. The monoisotopic (exact) mass is 613 g/mol. The molecule has 3 aromatic heterocycles. The van der Waals surface area contributed by atoms with Crippen molar-refractivity contribution in [1.29, 1.82) is 0 Å². The zero-order chi connectivity index (χ0) is 25.1. The molecule has 37 heavy (non-hydrogen) atoms. The van der Waals surface area contributed by atoms with Gasteiger partial charge in [0.15, 0.2) is 17.0 Å². The van der Waals surface area contributed by atoms with E-state index in [9.17, 15) is 0 Å². The van der Waals surface area contributed by atoms with E-state index in [4.69, 9.17) is 24.7 Å². The summed E-state index contributed by atoms with van der Waals surface area (Å²) in [6.07, 6.45) is 2.64. The molecule has 2 atom stereocenters. The third kappa shape index (κ3) is 4.19. The number of benzene rings is 1. The number of hydrogen-bond acceptors (Lipinski definition) is 8. The smallest absolute Gasteiger partial charge is 0.239 e. The van der Waals surface area contributed by atoms with E-state index >= 15 is 0 Å². The molecule has 11 heteroatoms. The van der Waals surface area contributed by atoms with Crippen LogP contribution in [0.4, 0.5) is 5.82 Å². The van der Waals surface area contributed by atoms with Crippen LogP contribution in [0.5, 0.6) is 0 Å². The van der Waals surface area contributed by atoms with Gasteiger partial charge in [0.2, 0.25) is 5.95 Å². The van der Waals surface area contributed by atoms with Gasteiger partial charge in [-0.25, -0.2) is 9.97 Å². The Bertz CT molecular complexity index is 1470. The molecule has 4 aromatic rings. The molecule has 3 saturated heterocycles. The second kappa shape index (κ2) is 9.44. The predicted octanol–water partition coefficient (Wildman–Crippen LogP) is 2.89. The highest BCUT2D eigenvalue weighted by Gasteiger charge is 2.32. The lowest BCUT2D eigenvalue weighted by Gasteiger charge is -2.37. The minimum atomic E-state index is 0.113. The fraction of sp³-hybridized carbons (Fsp3) is 0.538. The lowest BCUT2D eigenvalue weighted by Crippen LogP contribution is -2.49. The quantitative estimate of drug-likeness (QED) is 0.257. The van der Waals surface area contributed by atoms with Crippen molar-refractivity contribution in [2.75, 3.05) is 50.8 Å². The molecule has 3 aliphatic rings. The van der Waals surface area contributed by atoms with Crippen LogP contribution in [0.3, 0.4) is 0 Å². The van der Waals surface area contributed by atoms with E-state index in [1.165, 1.54) is 19.4 Å². The van der Waals surface area contributed by atoms with E-state index in [2.05, 4.69) is 59.5 Å². The number of alkyl halides is 1. The van der Waals surface area contributed by atoms with Gasteiger partial charge in [0.05, 0.1) is 30.7 Å². The minimum absolute atomic E-state index is 0.113. The van der Waals surface area contributed by atoms with Crippen molar-refractivity contribution in [1.82, 2.24) is 38.9 Å². The molecular formula is C26H32IN9O. The number of aryl methyl sites for hydroxylation is 2. The third-order valence-corrected chi connectivity index (χ3v) is 8.82. The summed E-state index contributed by atoms with van der Waals surface area (Å²) in [5.41, 5.74) is 3.69. The first kappa shape index (κ1) is 23.7. The first-order valence-corrected chi connectivity index (χ1v) is 14.4. The Morgan fingerprint density at radius 2 is 1.92 bits per heavy atom. The number of rotatable bonds is 4. The van der Waals surface area contributed by atoms with Gasteiger partial charge < -0.3 is 14.2 Å². The molecule has 0 N–H and O–H groups in total. The maximum absolute atomic E-state index is 5.83. The van der Waals surface area contributed by atoms with E-state index in [1.54, 1.807) is 0 Å². The van der Waals surface area contributed by atoms with Crippen LogP contribution in [0, 0.1) is 6.92 Å². The number of fused-ring (bicyclic) bond motifs is 3. The lowest BCUT2D eigenvalue weighted by atomic mass is 10.1. The van der Waals surface area contributed by atoms with Crippen LogP contribution < -0.4 is 4.90 Å². The standard InChI is InChI=1S/C26H32IN9O/c1-17-28-19-7-3-4-8-20(19)36(17)26-30-24-23(25(31-26)35-12-13-37-21(27)15-35)29-22(32(24)2)16-33-10-11-34-9-5-6-18(34)14-33/h3-4,7-8,18,21H,5-6,9-16H2,1-2H3. The van der Waals surface area contributed by atoms with Crippen molar-refractivity contribution in [3.05, 3.63) is 35.9 Å². The van der Waals surface area contributed by atoms with E-state index in [-0.39, 0.29) is 4.11 Å². The molecule has 194 valence electrons. The largest absolute Gasteiger partial charge is 0.364 e. The molecular weight excluding hydrogens is 581 g/mol. The molecule has 3 fully saturated rings. The van der Waals surface area contributed by atoms with Crippen LogP contribution in [-0.4, -0.2) is 94.9 Å². The fourth-order valence-electron chi connectivity index (χ4n) is 6.14. The Hall–Kier alpha value is -2.35. The average Bonchev–Trinajstić information content (AvgIpc) is 3.58. The molecule has 10 nitrogen and oxygen atoms in total. The van der Waals surface area contributed by atoms with Crippen LogP contribution in [-0.2, 0) is 18.3 Å². The number of nitrogens with zero attached hydrogens (tertiary/aromatic N) is 9. The SMILES string of the molecule is Cc1nc2ccccc2n1-c1nc(N2CCOC(I)C2)c2nc(CN3CCN4CCCC4C3)n(C)c2n1. The Kier molecular flexibility index (Phi) is 6.06. The van der Waals surface area contributed by atoms with Gasteiger partial charge in [0.25, 0.3) is 0 Å². The number of para-hydroxylation sites is 2.